The number of hydrogen-bond acceptors (Lipinski definition) is 0. The quantitative estimate of drug-likeness (QED) is 0.402. The Hall–Kier alpha value is -0.491. The summed E-state index contributed by atoms with van der Waals surface area (Å²) in [4.78, 5) is 0. The monoisotopic (exact) mass is 234 g/mol. The average molecular weight is 235 g/mol. The molecule has 76 valence electrons. The molecule has 0 spiro atoms. The molecule has 13 heavy (non-hydrogen) atoms. The molecule has 0 bridgehead atoms. The van der Waals surface area contributed by atoms with Gasteiger partial charge in [0.25, 0.3) is 0 Å². The Balaban J connectivity index is 0.000000215. The summed E-state index contributed by atoms with van der Waals surface area (Å²) in [5, 5.41) is 0. The fraction of sp³-hybridized carbons (Fsp3) is 0.0909. The zero-order chi connectivity index (χ0) is 8.65. The summed E-state index contributed by atoms with van der Waals surface area (Å²) in [5.74, 6) is 0.632. The van der Waals surface area contributed by atoms with E-state index in [9.17, 15) is 0 Å². The van der Waals surface area contributed by atoms with E-state index < -0.39 is 0 Å². The molecule has 0 amide bonds. The van der Waals surface area contributed by atoms with E-state index in [0.717, 1.165) is 0 Å². The molecule has 0 N–H and O–H groups in total. The van der Waals surface area contributed by atoms with Crippen molar-refractivity contribution in [2.24, 2.45) is 0 Å². The van der Waals surface area contributed by atoms with Crippen LogP contribution in [-0.4, -0.2) is 0 Å². The Labute approximate surface area is 94.7 Å². The summed E-state index contributed by atoms with van der Waals surface area (Å²) in [6.07, 6.45) is 0. The van der Waals surface area contributed by atoms with Crippen molar-refractivity contribution >= 4 is 11.6 Å². The predicted octanol–water partition coefficient (Wildman–Crippen LogP) is 3.55. The maximum atomic E-state index is 5.47. The van der Waals surface area contributed by atoms with E-state index in [1.165, 1.54) is 5.56 Å². The summed E-state index contributed by atoms with van der Waals surface area (Å²) in [6.45, 7) is 0. The van der Waals surface area contributed by atoms with E-state index in [4.69, 9.17) is 11.6 Å². The van der Waals surface area contributed by atoms with Crippen molar-refractivity contribution in [2.75, 3.05) is 0 Å². The van der Waals surface area contributed by atoms with Gasteiger partial charge in [0.2, 0.25) is 0 Å². The van der Waals surface area contributed by atoms with Crippen molar-refractivity contribution in [3.8, 4) is 0 Å². The number of hydrogen-bond donors (Lipinski definition) is 0. The number of rotatable bonds is 1. The maximum Gasteiger partial charge on any atom is 0.00233 e. The van der Waals surface area contributed by atoms with Crippen LogP contribution in [0.15, 0.2) is 54.6 Å². The van der Waals surface area contributed by atoms with Crippen LogP contribution in [0.3, 0.4) is 0 Å². The van der Waals surface area contributed by atoms with Crippen molar-refractivity contribution in [3.05, 3.63) is 60.2 Å². The third-order valence-electron chi connectivity index (χ3n) is 1.44. The molecule has 2 aromatic rings. The van der Waals surface area contributed by atoms with E-state index in [2.05, 4.69) is 0 Å². The fourth-order valence-electron chi connectivity index (χ4n) is 0.824. The van der Waals surface area contributed by atoms with Gasteiger partial charge >= 0.3 is 0 Å². The van der Waals surface area contributed by atoms with E-state index in [-0.39, 0.29) is 17.1 Å². The zero-order valence-corrected chi connectivity index (χ0v) is 8.99. The van der Waals surface area contributed by atoms with Crippen molar-refractivity contribution in [1.29, 1.82) is 0 Å². The minimum atomic E-state index is 0. The first kappa shape index (κ1) is 12.5. The predicted molar refractivity (Wildman–Crippen MR) is 53.6 cm³/mol. The summed E-state index contributed by atoms with van der Waals surface area (Å²) in [6, 6.07) is 18.0. The summed E-state index contributed by atoms with van der Waals surface area (Å²) in [5.41, 5.74) is 1.20. The van der Waals surface area contributed by atoms with Gasteiger partial charge in [0, 0.05) is 22.9 Å². The molecule has 0 fully saturated rings. The molecule has 0 aliphatic carbocycles. The van der Waals surface area contributed by atoms with Crippen LogP contribution in [-0.2, 0) is 22.9 Å². The third kappa shape index (κ3) is 5.70. The topological polar surface area (TPSA) is 0 Å². The van der Waals surface area contributed by atoms with Crippen molar-refractivity contribution in [2.45, 2.75) is 5.88 Å². The Kier molecular flexibility index (Phi) is 7.82. The Morgan fingerprint density at radius 1 is 0.923 bits per heavy atom. The van der Waals surface area contributed by atoms with Gasteiger partial charge in [0.05, 0.1) is 0 Å². The minimum Gasteiger partial charge on any atom is -0.748 e. The minimum absolute atomic E-state index is 0. The van der Waals surface area contributed by atoms with Crippen LogP contribution in [0.4, 0.5) is 0 Å². The van der Waals surface area contributed by atoms with Gasteiger partial charge < -0.3 is 30.3 Å². The van der Waals surface area contributed by atoms with Crippen LogP contribution in [0.5, 0.6) is 0 Å². The number of alkyl halides is 1. The third-order valence-corrected chi connectivity index (χ3v) is 1.75. The molecule has 0 aromatic heterocycles. The second-order valence-electron chi connectivity index (χ2n) is 2.39. The van der Waals surface area contributed by atoms with E-state index in [1.54, 1.807) is 0 Å². The Bertz CT molecular complexity index is 241. The van der Waals surface area contributed by atoms with Gasteiger partial charge in [-0.2, -0.15) is 12.1 Å². The van der Waals surface area contributed by atoms with Crippen LogP contribution in [0.1, 0.15) is 5.56 Å². The second kappa shape index (κ2) is 8.12. The Morgan fingerprint density at radius 2 is 1.31 bits per heavy atom. The van der Waals surface area contributed by atoms with Crippen LogP contribution in [0, 0.1) is 0 Å². The SMILES string of the molecule is ClC[c-]1cccc1.[Fe].[cH-]1[cH-][cH-][cH-][cH-]1. The molecule has 0 saturated carbocycles. The van der Waals surface area contributed by atoms with Gasteiger partial charge in [-0.15, -0.1) is 17.2 Å². The largest absolute Gasteiger partial charge is 0.748 e. The molecule has 0 saturated heterocycles. The first-order chi connectivity index (χ1) is 5.93. The van der Waals surface area contributed by atoms with Gasteiger partial charge in [-0.25, -0.2) is 12.1 Å². The van der Waals surface area contributed by atoms with Gasteiger partial charge in [0.1, 0.15) is 0 Å². The van der Waals surface area contributed by atoms with Crippen LogP contribution in [0.2, 0.25) is 0 Å². The van der Waals surface area contributed by atoms with Crippen molar-refractivity contribution in [1.82, 2.24) is 0 Å². The summed E-state index contributed by atoms with van der Waals surface area (Å²) < 4.78 is 0. The average Bonchev–Trinajstić information content (AvgIpc) is 2.81. The molecular weight excluding hydrogens is 223 g/mol. The van der Waals surface area contributed by atoms with Gasteiger partial charge in [-0.3, -0.25) is 0 Å². The standard InChI is InChI=1S/C6H6Cl.C5H5.Fe/c7-5-6-3-1-2-4-6;1-2-4-5-3-1;/h1-4H,5H2;1-5H;/q-1;-5;. The number of halogens is 1. The van der Waals surface area contributed by atoms with Gasteiger partial charge in [0.15, 0.2) is 0 Å². The zero-order valence-electron chi connectivity index (χ0n) is 7.13. The molecule has 0 radical (unpaired) electrons. The molecule has 0 aliphatic rings. The van der Waals surface area contributed by atoms with Gasteiger partial charge in [-0.05, 0) is 0 Å². The molecule has 0 atom stereocenters. The van der Waals surface area contributed by atoms with Crippen LogP contribution >= 0.6 is 11.6 Å². The normalized spacial score (nSPS) is 8.08. The van der Waals surface area contributed by atoms with Crippen molar-refractivity contribution < 1.29 is 17.1 Å². The first-order valence-electron chi connectivity index (χ1n) is 3.86. The smallest absolute Gasteiger partial charge is 0.00233 e. The summed E-state index contributed by atoms with van der Waals surface area (Å²) >= 11 is 5.47. The van der Waals surface area contributed by atoms with E-state index in [0.29, 0.717) is 5.88 Å². The summed E-state index contributed by atoms with van der Waals surface area (Å²) in [7, 11) is 0. The second-order valence-corrected chi connectivity index (χ2v) is 2.66. The molecule has 0 unspecified atom stereocenters. The van der Waals surface area contributed by atoms with Crippen molar-refractivity contribution in [3.63, 3.8) is 0 Å². The van der Waals surface area contributed by atoms with Crippen LogP contribution < -0.4 is 0 Å². The Morgan fingerprint density at radius 3 is 1.54 bits per heavy atom. The molecule has 0 nitrogen and oxygen atoms in total. The molecular formula is C11H11ClFe-6. The van der Waals surface area contributed by atoms with E-state index in [1.807, 2.05) is 54.6 Å². The molecule has 0 heterocycles. The molecule has 2 rings (SSSR count). The molecule has 2 aromatic carbocycles. The molecule has 2 heteroatoms. The van der Waals surface area contributed by atoms with Crippen LogP contribution in [0.25, 0.3) is 0 Å². The van der Waals surface area contributed by atoms with Gasteiger partial charge in [-0.1, -0.05) is 0 Å². The first-order valence-corrected chi connectivity index (χ1v) is 4.40. The van der Waals surface area contributed by atoms with E-state index >= 15 is 0 Å². The fourth-order valence-corrected chi connectivity index (χ4v) is 1.00. The molecule has 0 aliphatic heterocycles. The maximum absolute atomic E-state index is 5.47.